The van der Waals surface area contributed by atoms with Crippen LogP contribution < -0.4 is 0 Å². The minimum absolute atomic E-state index is 9.03. The molecule has 2 rings (SSSR count). The summed E-state index contributed by atoms with van der Waals surface area (Å²) in [5, 5.41) is 0. The van der Waals surface area contributed by atoms with Crippen molar-refractivity contribution in [2.24, 2.45) is 0 Å². The molecule has 238 valence electrons. The second-order valence-corrected chi connectivity index (χ2v) is 8.23. The average Bonchev–Trinajstić information content (AvgIpc) is 2.70. The molecule has 2 aliphatic rings. The third-order valence-corrected chi connectivity index (χ3v) is 6.38. The van der Waals surface area contributed by atoms with E-state index < -0.39 is 82.4 Å². The Morgan fingerprint density at radius 3 is 0.800 bits per heavy atom. The smallest absolute Gasteiger partial charge is 0.229 e. The molecule has 0 nitrogen and oxygen atoms in total. The van der Waals surface area contributed by atoms with E-state index in [1.807, 2.05) is 0 Å². The molecule has 0 N–H and O–H groups in total. The summed E-state index contributed by atoms with van der Waals surface area (Å²) in [6, 6.07) is 0. The fourth-order valence-corrected chi connectivity index (χ4v) is 4.45. The van der Waals surface area contributed by atoms with Gasteiger partial charge in [-0.15, -0.1) is 0 Å². The number of alkyl halides is 26. The highest BCUT2D eigenvalue weighted by Gasteiger charge is 3.19. The van der Waals surface area contributed by atoms with Gasteiger partial charge in [0.25, 0.3) is 22.7 Å². The van der Waals surface area contributed by atoms with E-state index in [1.54, 1.807) is 0 Å². The Bertz CT molecular complexity index is 1060. The zero-order valence-electron chi connectivity index (χ0n) is 16.8. The van der Waals surface area contributed by atoms with E-state index in [9.17, 15) is 101 Å². The van der Waals surface area contributed by atoms with Crippen molar-refractivity contribution < 1.29 is 114 Å². The quantitative estimate of drug-likeness (QED) is 0.250. The number of fused-ring (bicyclic) bond motifs is 1. The van der Waals surface area contributed by atoms with E-state index in [-0.39, 0.29) is 0 Å². The molecule has 0 spiro atoms. The van der Waals surface area contributed by atoms with Crippen LogP contribution in [0.1, 0.15) is 0 Å². The van der Waals surface area contributed by atoms with Crippen LogP contribution in [0, 0.1) is 0 Å². The minimum Gasteiger partial charge on any atom is -0.229 e. The van der Waals surface area contributed by atoms with Gasteiger partial charge in [0.1, 0.15) is 0 Å². The lowest BCUT2D eigenvalue weighted by Crippen LogP contribution is -3.04. The van der Waals surface area contributed by atoms with Gasteiger partial charge in [-0.3, -0.25) is 0 Å². The van der Waals surface area contributed by atoms with E-state index in [4.69, 9.17) is 0 Å². The van der Waals surface area contributed by atoms with Crippen LogP contribution >= 0.6 is 0 Å². The van der Waals surface area contributed by atoms with Crippen molar-refractivity contribution in [1.82, 2.24) is 0 Å². The van der Waals surface area contributed by atoms with Gasteiger partial charge in [-0.05, 0) is 0 Å². The van der Waals surface area contributed by atoms with Crippen LogP contribution in [0.25, 0.3) is 0 Å². The summed E-state index contributed by atoms with van der Waals surface area (Å²) in [5.74, 6) is -57.1. The highest BCUT2D eigenvalue weighted by Crippen LogP contribution is 2.85. The lowest BCUT2D eigenvalue weighted by molar-refractivity contribution is -0.573. The maximum absolute atomic E-state index is 15.3. The fraction of sp³-hybridized carbons (Fsp3) is 1.00. The van der Waals surface area contributed by atoms with E-state index >= 15 is 13.2 Å². The van der Waals surface area contributed by atoms with Crippen molar-refractivity contribution in [2.75, 3.05) is 0 Å². The molecule has 5 atom stereocenters. The SMILES string of the molecule is FC(F)(F)C(F)(F)[C@@]1(F)[C@@](F)(C(F)(F)F)[C@@](F)(C(F)(F)F)C(F)(F)[C@]2(F)C(F)(F)C(F)(F)C(F)(F)C(F)(F)[C@@]21F. The Morgan fingerprint density at radius 1 is 0.275 bits per heavy atom. The lowest BCUT2D eigenvalue weighted by Gasteiger charge is -2.68. The third kappa shape index (κ3) is 2.52. The molecule has 0 unspecified atom stereocenters. The molecule has 0 radical (unpaired) electrons. The molecule has 0 saturated heterocycles. The summed E-state index contributed by atoms with van der Waals surface area (Å²) in [6.45, 7) is 0. The summed E-state index contributed by atoms with van der Waals surface area (Å²) in [6.07, 6.45) is -27.8. The summed E-state index contributed by atoms with van der Waals surface area (Å²) in [7, 11) is 0. The highest BCUT2D eigenvalue weighted by molar-refractivity contribution is 5.50. The van der Waals surface area contributed by atoms with Crippen LogP contribution in [0.3, 0.4) is 0 Å². The molecule has 2 aliphatic carbocycles. The van der Waals surface area contributed by atoms with Gasteiger partial charge in [-0.2, -0.15) is 92.2 Å². The van der Waals surface area contributed by atoms with Gasteiger partial charge in [0.15, 0.2) is 0 Å². The van der Waals surface area contributed by atoms with Crippen molar-refractivity contribution in [2.45, 2.75) is 82.4 Å². The van der Waals surface area contributed by atoms with Gasteiger partial charge in [0.2, 0.25) is 0 Å². The topological polar surface area (TPSA) is 0 Å². The maximum atomic E-state index is 15.3. The zero-order chi connectivity index (χ0) is 33.0. The number of rotatable bonds is 1. The van der Waals surface area contributed by atoms with Gasteiger partial charge in [-0.25, -0.2) is 22.0 Å². The number of halogens is 26. The summed E-state index contributed by atoms with van der Waals surface area (Å²) < 4.78 is 361. The average molecular weight is 662 g/mol. The number of hydrogen-bond acceptors (Lipinski definition) is 0. The van der Waals surface area contributed by atoms with E-state index in [1.165, 1.54) is 0 Å². The Morgan fingerprint density at radius 2 is 0.550 bits per heavy atom. The van der Waals surface area contributed by atoms with Gasteiger partial charge in [-0.1, -0.05) is 0 Å². The summed E-state index contributed by atoms with van der Waals surface area (Å²) in [5.41, 5.74) is -50.9. The molecule has 0 amide bonds. The van der Waals surface area contributed by atoms with E-state index in [0.717, 1.165) is 0 Å². The minimum atomic E-state index is -10.5. The van der Waals surface area contributed by atoms with Crippen LogP contribution in [0.15, 0.2) is 0 Å². The van der Waals surface area contributed by atoms with Crippen LogP contribution in [-0.4, -0.2) is 82.4 Å². The first-order valence-corrected chi connectivity index (χ1v) is 8.66. The Balaban J connectivity index is 3.71. The Labute approximate surface area is 198 Å². The largest absolute Gasteiger partial charge is 0.457 e. The first-order valence-electron chi connectivity index (χ1n) is 8.66. The van der Waals surface area contributed by atoms with Crippen LogP contribution in [0.4, 0.5) is 114 Å². The second-order valence-electron chi connectivity index (χ2n) is 8.23. The monoisotopic (exact) mass is 662 g/mol. The van der Waals surface area contributed by atoms with Gasteiger partial charge < -0.3 is 0 Å². The van der Waals surface area contributed by atoms with E-state index in [0.29, 0.717) is 0 Å². The third-order valence-electron chi connectivity index (χ3n) is 6.38. The molecule has 2 saturated carbocycles. The molecule has 0 bridgehead atoms. The molecule has 2 fully saturated rings. The zero-order valence-corrected chi connectivity index (χ0v) is 16.8. The van der Waals surface area contributed by atoms with Crippen LogP contribution in [0.2, 0.25) is 0 Å². The van der Waals surface area contributed by atoms with Crippen LogP contribution in [-0.2, 0) is 0 Å². The highest BCUT2D eigenvalue weighted by atomic mass is 19.4. The molecule has 0 aromatic rings. The van der Waals surface area contributed by atoms with Crippen molar-refractivity contribution >= 4 is 0 Å². The van der Waals surface area contributed by atoms with Crippen LogP contribution in [0.5, 0.6) is 0 Å². The number of hydrogen-bond donors (Lipinski definition) is 0. The molecular formula is C14F26. The van der Waals surface area contributed by atoms with Gasteiger partial charge >= 0.3 is 59.7 Å². The standard InChI is InChI=1S/C14F26/c15-1(9(26,27)14(38,39)40)2(16)4(18,8(24,25)11(30,31)10(28,29)7(2,22)23)6(20,21)5(19,13(35,36)37)3(1,17)12(32,33)34/t1-,2-,3-,4-,5-/m0/s1. The van der Waals surface area contributed by atoms with E-state index in [2.05, 4.69) is 0 Å². The Kier molecular flexibility index (Phi) is 6.19. The second kappa shape index (κ2) is 7.21. The molecule has 26 heteroatoms. The maximum Gasteiger partial charge on any atom is 0.457 e. The van der Waals surface area contributed by atoms with Crippen molar-refractivity contribution in [3.63, 3.8) is 0 Å². The summed E-state index contributed by atoms with van der Waals surface area (Å²) >= 11 is 0. The Hall–Kier alpha value is -1.82. The predicted molar refractivity (Wildman–Crippen MR) is 67.0 cm³/mol. The molecule has 0 aliphatic heterocycles. The molecular weight excluding hydrogens is 662 g/mol. The first kappa shape index (κ1) is 34.4. The normalized spacial score (nSPS) is 42.8. The van der Waals surface area contributed by atoms with Crippen molar-refractivity contribution in [3.05, 3.63) is 0 Å². The van der Waals surface area contributed by atoms with Gasteiger partial charge in [0.05, 0.1) is 0 Å². The first-order chi connectivity index (χ1) is 16.8. The molecule has 0 aromatic carbocycles. The summed E-state index contributed by atoms with van der Waals surface area (Å²) in [4.78, 5) is 0. The van der Waals surface area contributed by atoms with Crippen molar-refractivity contribution in [3.8, 4) is 0 Å². The molecule has 0 heterocycles. The molecule has 40 heavy (non-hydrogen) atoms. The molecule has 0 aromatic heterocycles. The lowest BCUT2D eigenvalue weighted by atomic mass is 9.44. The predicted octanol–water partition coefficient (Wildman–Crippen LogP) is 8.05. The van der Waals surface area contributed by atoms with Crippen molar-refractivity contribution in [1.29, 1.82) is 0 Å². The fourth-order valence-electron chi connectivity index (χ4n) is 4.45. The van der Waals surface area contributed by atoms with Gasteiger partial charge in [0, 0.05) is 0 Å².